The number of H-pyrrole nitrogens is 1. The summed E-state index contributed by atoms with van der Waals surface area (Å²) in [6.45, 7) is 0. The predicted octanol–water partition coefficient (Wildman–Crippen LogP) is 5.81. The molecule has 0 aliphatic carbocycles. The van der Waals surface area contributed by atoms with E-state index < -0.39 is 0 Å². The van der Waals surface area contributed by atoms with Crippen molar-refractivity contribution < 1.29 is 0 Å². The lowest BCUT2D eigenvalue weighted by molar-refractivity contribution is 1.05. The third-order valence-corrected chi connectivity index (χ3v) is 5.21. The molecule has 6 rings (SSSR count). The van der Waals surface area contributed by atoms with Gasteiger partial charge in [0.1, 0.15) is 5.82 Å². The molecule has 122 valence electrons. The first kappa shape index (κ1) is 13.7. The van der Waals surface area contributed by atoms with E-state index in [9.17, 15) is 0 Å². The number of aromatic amines is 1. The highest BCUT2D eigenvalue weighted by atomic mass is 15.0. The summed E-state index contributed by atoms with van der Waals surface area (Å²) in [5.74, 6) is 0.935. The number of rotatable bonds is 1. The summed E-state index contributed by atoms with van der Waals surface area (Å²) in [4.78, 5) is 8.22. The second-order valence-electron chi connectivity index (χ2n) is 6.60. The molecule has 0 fully saturated rings. The molecule has 0 bridgehead atoms. The summed E-state index contributed by atoms with van der Waals surface area (Å²) in [5, 5.41) is 6.27. The fourth-order valence-electron chi connectivity index (χ4n) is 4.12. The fourth-order valence-corrected chi connectivity index (χ4v) is 4.12. The van der Waals surface area contributed by atoms with Crippen molar-refractivity contribution in [1.82, 2.24) is 14.5 Å². The van der Waals surface area contributed by atoms with E-state index >= 15 is 0 Å². The zero-order valence-electron chi connectivity index (χ0n) is 14.0. The largest absolute Gasteiger partial charge is 0.354 e. The van der Waals surface area contributed by atoms with Crippen molar-refractivity contribution in [3.63, 3.8) is 0 Å². The molecule has 0 amide bonds. The highest BCUT2D eigenvalue weighted by molar-refractivity contribution is 6.30. The molecule has 0 saturated heterocycles. The molecule has 0 radical (unpaired) electrons. The van der Waals surface area contributed by atoms with Crippen molar-refractivity contribution >= 4 is 43.5 Å². The number of hydrogen-bond donors (Lipinski definition) is 1. The normalized spacial score (nSPS) is 11.8. The first-order valence-electron chi connectivity index (χ1n) is 8.75. The van der Waals surface area contributed by atoms with Crippen LogP contribution >= 0.6 is 0 Å². The molecule has 3 aromatic heterocycles. The van der Waals surface area contributed by atoms with Gasteiger partial charge in [0.25, 0.3) is 0 Å². The van der Waals surface area contributed by atoms with Crippen LogP contribution in [0.5, 0.6) is 0 Å². The Morgan fingerprint density at radius 1 is 0.692 bits per heavy atom. The average Bonchev–Trinajstić information content (AvgIpc) is 3.30. The maximum absolute atomic E-state index is 4.58. The molecule has 3 aromatic carbocycles. The number of pyridine rings is 1. The molecule has 0 atom stereocenters. The molecular formula is C23H15N3. The van der Waals surface area contributed by atoms with Gasteiger partial charge in [0, 0.05) is 39.5 Å². The second-order valence-corrected chi connectivity index (χ2v) is 6.60. The van der Waals surface area contributed by atoms with E-state index in [1.165, 1.54) is 38.0 Å². The van der Waals surface area contributed by atoms with Crippen LogP contribution in [-0.4, -0.2) is 14.5 Å². The Kier molecular flexibility index (Phi) is 2.61. The van der Waals surface area contributed by atoms with Crippen LogP contribution in [0.15, 0.2) is 85.2 Å². The predicted molar refractivity (Wildman–Crippen MR) is 108 cm³/mol. The Hall–Kier alpha value is -3.59. The second kappa shape index (κ2) is 4.96. The molecule has 3 heterocycles. The van der Waals surface area contributed by atoms with E-state index in [4.69, 9.17) is 0 Å². The molecule has 6 aromatic rings. The number of benzene rings is 3. The molecule has 0 aliphatic heterocycles. The number of hydrogen-bond acceptors (Lipinski definition) is 1. The van der Waals surface area contributed by atoms with Crippen LogP contribution in [0.2, 0.25) is 0 Å². The topological polar surface area (TPSA) is 33.6 Å². The molecule has 26 heavy (non-hydrogen) atoms. The third kappa shape index (κ3) is 1.69. The molecule has 0 spiro atoms. The first-order valence-corrected chi connectivity index (χ1v) is 8.75. The van der Waals surface area contributed by atoms with Gasteiger partial charge in [-0.3, -0.25) is 0 Å². The zero-order valence-corrected chi connectivity index (χ0v) is 14.0. The molecule has 3 nitrogen and oxygen atoms in total. The van der Waals surface area contributed by atoms with Gasteiger partial charge in [0.2, 0.25) is 0 Å². The minimum absolute atomic E-state index is 0.935. The Morgan fingerprint density at radius 2 is 1.46 bits per heavy atom. The maximum Gasteiger partial charge on any atom is 0.137 e. The summed E-state index contributed by atoms with van der Waals surface area (Å²) in [6.07, 6.45) is 3.97. The van der Waals surface area contributed by atoms with E-state index in [0.717, 1.165) is 11.3 Å². The molecule has 1 N–H and O–H groups in total. The number of aromatic nitrogens is 3. The minimum Gasteiger partial charge on any atom is -0.354 e. The zero-order chi connectivity index (χ0) is 17.1. The molecule has 0 saturated carbocycles. The van der Waals surface area contributed by atoms with Crippen LogP contribution < -0.4 is 0 Å². The standard InChI is InChI=1S/C23H15N3/c1-2-8-16-15(7-1)17-12-14-26(20-11-5-6-13-24-20)23(17)21-18-9-3-4-10-19(18)25-22(16)21/h1-14,25H. The lowest BCUT2D eigenvalue weighted by atomic mass is 10.0. The Bertz CT molecular complexity index is 1420. The van der Waals surface area contributed by atoms with Crippen molar-refractivity contribution in [2.24, 2.45) is 0 Å². The highest BCUT2D eigenvalue weighted by Crippen LogP contribution is 2.39. The van der Waals surface area contributed by atoms with E-state index in [-0.39, 0.29) is 0 Å². The lowest BCUT2D eigenvalue weighted by Gasteiger charge is -2.08. The smallest absolute Gasteiger partial charge is 0.137 e. The van der Waals surface area contributed by atoms with Gasteiger partial charge < -0.3 is 9.55 Å². The lowest BCUT2D eigenvalue weighted by Crippen LogP contribution is -1.95. The monoisotopic (exact) mass is 333 g/mol. The van der Waals surface area contributed by atoms with Crippen LogP contribution in [-0.2, 0) is 0 Å². The first-order chi connectivity index (χ1) is 12.9. The minimum atomic E-state index is 0.935. The van der Waals surface area contributed by atoms with E-state index in [1.807, 2.05) is 18.3 Å². The number of nitrogens with zero attached hydrogens (tertiary/aromatic N) is 2. The van der Waals surface area contributed by atoms with Gasteiger partial charge in [0.05, 0.1) is 11.0 Å². The summed E-state index contributed by atoms with van der Waals surface area (Å²) in [6, 6.07) is 25.4. The Morgan fingerprint density at radius 3 is 2.31 bits per heavy atom. The Labute approximate surface area is 149 Å². The van der Waals surface area contributed by atoms with Crippen molar-refractivity contribution in [3.05, 3.63) is 85.2 Å². The van der Waals surface area contributed by atoms with E-state index in [1.54, 1.807) is 0 Å². The van der Waals surface area contributed by atoms with Gasteiger partial charge in [-0.1, -0.05) is 48.5 Å². The van der Waals surface area contributed by atoms with Gasteiger partial charge in [-0.25, -0.2) is 4.98 Å². The number of nitrogens with one attached hydrogen (secondary N) is 1. The van der Waals surface area contributed by atoms with Gasteiger partial charge in [-0.2, -0.15) is 0 Å². The van der Waals surface area contributed by atoms with E-state index in [2.05, 4.69) is 81.4 Å². The molecule has 0 unspecified atom stereocenters. The highest BCUT2D eigenvalue weighted by Gasteiger charge is 2.17. The van der Waals surface area contributed by atoms with E-state index in [0.29, 0.717) is 0 Å². The van der Waals surface area contributed by atoms with Gasteiger partial charge in [0.15, 0.2) is 0 Å². The third-order valence-electron chi connectivity index (χ3n) is 5.21. The van der Waals surface area contributed by atoms with Gasteiger partial charge in [-0.05, 0) is 29.7 Å². The van der Waals surface area contributed by atoms with Crippen LogP contribution in [0.3, 0.4) is 0 Å². The summed E-state index contributed by atoms with van der Waals surface area (Å²) in [5.41, 5.74) is 3.55. The Balaban J connectivity index is 1.95. The molecule has 0 aliphatic rings. The van der Waals surface area contributed by atoms with Crippen LogP contribution in [0.1, 0.15) is 0 Å². The summed E-state index contributed by atoms with van der Waals surface area (Å²) < 4.78 is 2.20. The van der Waals surface area contributed by atoms with Crippen molar-refractivity contribution in [2.45, 2.75) is 0 Å². The molecular weight excluding hydrogens is 318 g/mol. The summed E-state index contributed by atoms with van der Waals surface area (Å²) >= 11 is 0. The van der Waals surface area contributed by atoms with Crippen LogP contribution in [0.25, 0.3) is 49.3 Å². The van der Waals surface area contributed by atoms with Gasteiger partial charge >= 0.3 is 0 Å². The van der Waals surface area contributed by atoms with Gasteiger partial charge in [-0.15, -0.1) is 0 Å². The van der Waals surface area contributed by atoms with Crippen molar-refractivity contribution in [2.75, 3.05) is 0 Å². The SMILES string of the molecule is c1ccc(-n2ccc3c4ccccc4c4[nH]c5ccccc5c4c32)nc1. The number of fused-ring (bicyclic) bond motifs is 8. The summed E-state index contributed by atoms with van der Waals surface area (Å²) in [7, 11) is 0. The van der Waals surface area contributed by atoms with Crippen molar-refractivity contribution in [3.8, 4) is 5.82 Å². The van der Waals surface area contributed by atoms with Crippen LogP contribution in [0, 0.1) is 0 Å². The van der Waals surface area contributed by atoms with Crippen molar-refractivity contribution in [1.29, 1.82) is 0 Å². The quantitative estimate of drug-likeness (QED) is 0.404. The average molecular weight is 333 g/mol. The molecule has 3 heteroatoms. The van der Waals surface area contributed by atoms with Crippen LogP contribution in [0.4, 0.5) is 0 Å². The number of para-hydroxylation sites is 1. The fraction of sp³-hybridized carbons (Fsp3) is 0. The maximum atomic E-state index is 4.58.